The van der Waals surface area contributed by atoms with Crippen LogP contribution in [0.15, 0.2) is 36.4 Å². The molecule has 9 rings (SSSR count). The summed E-state index contributed by atoms with van der Waals surface area (Å²) in [6.45, 7) is 6.88. The van der Waals surface area contributed by atoms with Gasteiger partial charge in [0.25, 0.3) is 5.91 Å². The lowest BCUT2D eigenvalue weighted by molar-refractivity contribution is -0.121. The summed E-state index contributed by atoms with van der Waals surface area (Å²) in [5, 5.41) is 14.7. The maximum Gasteiger partial charge on any atom is 0.335 e. The Kier molecular flexibility index (Phi) is 12.1. The van der Waals surface area contributed by atoms with E-state index in [-0.39, 0.29) is 11.8 Å². The highest BCUT2D eigenvalue weighted by atomic mass is 16.5. The van der Waals surface area contributed by atoms with Gasteiger partial charge < -0.3 is 33.9 Å². The first kappa shape index (κ1) is 39.7. The molecule has 10 nitrogen and oxygen atoms in total. The van der Waals surface area contributed by atoms with Gasteiger partial charge in [0, 0.05) is 105 Å². The minimum absolute atomic E-state index is 0.0707. The van der Waals surface area contributed by atoms with E-state index in [0.29, 0.717) is 43.5 Å². The number of carbonyl (C=O) groups is 3. The molecule has 2 atom stereocenters. The lowest BCUT2D eigenvalue weighted by atomic mass is 9.75. The number of carboxylic acids is 1. The van der Waals surface area contributed by atoms with Crippen LogP contribution in [0.25, 0.3) is 21.8 Å². The van der Waals surface area contributed by atoms with E-state index < -0.39 is 5.97 Å². The number of fused-ring (bicyclic) bond motifs is 6. The highest BCUT2D eigenvalue weighted by Gasteiger charge is 2.33. The molecule has 4 heterocycles. The molecule has 2 aliphatic heterocycles. The lowest BCUT2D eigenvalue weighted by Crippen LogP contribution is -2.33. The van der Waals surface area contributed by atoms with E-state index in [4.69, 9.17) is 9.47 Å². The summed E-state index contributed by atoms with van der Waals surface area (Å²) in [6, 6.07) is 12.2. The fourth-order valence-electron chi connectivity index (χ4n) is 10.6. The molecule has 2 N–H and O–H groups in total. The molecule has 0 radical (unpaired) electrons. The molecule has 57 heavy (non-hydrogen) atoms. The van der Waals surface area contributed by atoms with Gasteiger partial charge in [-0.3, -0.25) is 9.59 Å². The SMILES string of the molecule is CCN(CCCC(=O)NC1CC1)C(=O)c1ccc2c(c1)c1c(n2C)CCC(C2CCOCC2)C1.Cn1c2c(c3cc(C(=O)O)ccc31)CC(C1CCOCC1)CC2. The molecule has 2 aromatic heterocycles. The standard InChI is InChI=1S/C28H39N3O3.C19H23NO3/c1-3-31(14-4-5-27(32)29-22-8-9-22)28(33)21-7-11-26-24(18-21)23-17-20(6-10-25(23)30(26)2)19-12-15-34-16-13-19;1-20-17-4-2-13(12-6-8-23-9-7-12)10-15(17)16-11-14(19(21)22)3-5-18(16)20/h7,11,18-20,22H,3-6,8-10,12-17H2,1-2H3,(H,29,32);3,5,11-13H,2,4,6-10H2,1H3,(H,21,22). The Balaban J connectivity index is 0.000000172. The molecular weight excluding hydrogens is 717 g/mol. The van der Waals surface area contributed by atoms with Crippen molar-refractivity contribution in [2.24, 2.45) is 37.8 Å². The average molecular weight is 779 g/mol. The van der Waals surface area contributed by atoms with Crippen molar-refractivity contribution < 1.29 is 29.0 Å². The fraction of sp³-hybridized carbons (Fsp3) is 0.596. The highest BCUT2D eigenvalue weighted by Crippen LogP contribution is 2.41. The summed E-state index contributed by atoms with van der Waals surface area (Å²) in [5.74, 6) is 2.29. The molecule has 2 aromatic carbocycles. The van der Waals surface area contributed by atoms with Crippen LogP contribution in [0.4, 0.5) is 0 Å². The number of rotatable bonds is 10. The Morgan fingerprint density at radius 3 is 1.72 bits per heavy atom. The van der Waals surface area contributed by atoms with Crippen LogP contribution < -0.4 is 5.32 Å². The van der Waals surface area contributed by atoms with Crippen LogP contribution in [0.1, 0.15) is 114 Å². The first-order chi connectivity index (χ1) is 27.7. The third kappa shape index (κ3) is 8.54. The number of hydrogen-bond donors (Lipinski definition) is 2. The van der Waals surface area contributed by atoms with Crippen LogP contribution in [0.3, 0.4) is 0 Å². The molecule has 2 saturated heterocycles. The van der Waals surface area contributed by atoms with E-state index in [1.807, 2.05) is 30.0 Å². The summed E-state index contributed by atoms with van der Waals surface area (Å²) < 4.78 is 15.7. The molecule has 306 valence electrons. The van der Waals surface area contributed by atoms with Gasteiger partial charge in [0.2, 0.25) is 5.91 Å². The van der Waals surface area contributed by atoms with E-state index in [2.05, 4.69) is 40.7 Å². The number of carboxylic acid groups (broad SMARTS) is 1. The van der Waals surface area contributed by atoms with Crippen LogP contribution in [0.5, 0.6) is 0 Å². The van der Waals surface area contributed by atoms with Gasteiger partial charge in [0.05, 0.1) is 5.56 Å². The number of ether oxygens (including phenoxy) is 2. The van der Waals surface area contributed by atoms with Crippen LogP contribution in [-0.2, 0) is 54.0 Å². The number of carbonyl (C=O) groups excluding carboxylic acids is 2. The second kappa shape index (κ2) is 17.4. The number of benzene rings is 2. The Morgan fingerprint density at radius 2 is 1.23 bits per heavy atom. The van der Waals surface area contributed by atoms with Crippen LogP contribution >= 0.6 is 0 Å². The molecule has 5 aliphatic rings. The molecule has 3 fully saturated rings. The number of aromatic carboxylic acids is 1. The minimum atomic E-state index is -0.846. The second-order valence-corrected chi connectivity index (χ2v) is 17.5. The average Bonchev–Trinajstić information content (AvgIpc) is 3.97. The lowest BCUT2D eigenvalue weighted by Gasteiger charge is -2.33. The van der Waals surface area contributed by atoms with Gasteiger partial charge in [-0.15, -0.1) is 0 Å². The van der Waals surface area contributed by atoms with Crippen molar-refractivity contribution in [1.82, 2.24) is 19.4 Å². The fourth-order valence-corrected chi connectivity index (χ4v) is 10.6. The van der Waals surface area contributed by atoms with E-state index in [1.54, 1.807) is 6.07 Å². The van der Waals surface area contributed by atoms with Crippen molar-refractivity contribution in [3.63, 3.8) is 0 Å². The Bertz CT molecular complexity index is 2100. The van der Waals surface area contributed by atoms with E-state index in [0.717, 1.165) is 99.2 Å². The van der Waals surface area contributed by atoms with E-state index >= 15 is 0 Å². The highest BCUT2D eigenvalue weighted by molar-refractivity contribution is 5.99. The van der Waals surface area contributed by atoms with Crippen LogP contribution in [-0.4, -0.2) is 82.5 Å². The number of hydrogen-bond acceptors (Lipinski definition) is 5. The largest absolute Gasteiger partial charge is 0.478 e. The number of amides is 2. The van der Waals surface area contributed by atoms with Gasteiger partial charge in [0.15, 0.2) is 0 Å². The molecule has 3 aliphatic carbocycles. The maximum absolute atomic E-state index is 13.4. The first-order valence-corrected chi connectivity index (χ1v) is 21.9. The van der Waals surface area contributed by atoms with E-state index in [9.17, 15) is 19.5 Å². The van der Waals surface area contributed by atoms with Crippen molar-refractivity contribution in [2.45, 2.75) is 103 Å². The quantitative estimate of drug-likeness (QED) is 0.171. The minimum Gasteiger partial charge on any atom is -0.478 e. The van der Waals surface area contributed by atoms with Gasteiger partial charge in [-0.2, -0.15) is 0 Å². The summed E-state index contributed by atoms with van der Waals surface area (Å²) in [5.41, 5.74) is 9.21. The van der Waals surface area contributed by atoms with E-state index in [1.165, 1.54) is 71.9 Å². The predicted molar refractivity (Wildman–Crippen MR) is 223 cm³/mol. The number of aryl methyl sites for hydroxylation is 2. The topological polar surface area (TPSA) is 115 Å². The number of nitrogens with one attached hydrogen (secondary N) is 1. The van der Waals surface area contributed by atoms with Gasteiger partial charge >= 0.3 is 5.97 Å². The van der Waals surface area contributed by atoms with Crippen molar-refractivity contribution in [1.29, 1.82) is 0 Å². The van der Waals surface area contributed by atoms with Crippen LogP contribution in [0, 0.1) is 23.7 Å². The van der Waals surface area contributed by atoms with Crippen molar-refractivity contribution in [2.75, 3.05) is 39.5 Å². The summed E-state index contributed by atoms with van der Waals surface area (Å²) in [4.78, 5) is 38.6. The molecule has 4 aromatic rings. The Morgan fingerprint density at radius 1 is 0.719 bits per heavy atom. The zero-order valence-corrected chi connectivity index (χ0v) is 34.3. The van der Waals surface area contributed by atoms with Gasteiger partial charge in [-0.05, 0) is 162 Å². The van der Waals surface area contributed by atoms with Gasteiger partial charge in [-0.25, -0.2) is 4.79 Å². The maximum atomic E-state index is 13.4. The molecule has 10 heteroatoms. The zero-order valence-electron chi connectivity index (χ0n) is 34.3. The monoisotopic (exact) mass is 778 g/mol. The molecule has 2 unspecified atom stereocenters. The van der Waals surface area contributed by atoms with Crippen LogP contribution in [0.2, 0.25) is 0 Å². The second-order valence-electron chi connectivity index (χ2n) is 17.5. The first-order valence-electron chi connectivity index (χ1n) is 21.9. The van der Waals surface area contributed by atoms with Gasteiger partial charge in [-0.1, -0.05) is 0 Å². The Hall–Kier alpha value is -4.15. The molecule has 2 amide bonds. The predicted octanol–water partition coefficient (Wildman–Crippen LogP) is 7.64. The summed E-state index contributed by atoms with van der Waals surface area (Å²) in [6.07, 6.45) is 15.0. The molecule has 0 bridgehead atoms. The van der Waals surface area contributed by atoms with Crippen molar-refractivity contribution in [3.05, 3.63) is 70.0 Å². The summed E-state index contributed by atoms with van der Waals surface area (Å²) >= 11 is 0. The number of aromatic nitrogens is 2. The molecule has 0 spiro atoms. The zero-order chi connectivity index (χ0) is 39.6. The van der Waals surface area contributed by atoms with Crippen molar-refractivity contribution >= 4 is 39.6 Å². The molecular formula is C47H62N4O6. The summed E-state index contributed by atoms with van der Waals surface area (Å²) in [7, 11) is 4.28. The Labute approximate surface area is 337 Å². The normalized spacial score (nSPS) is 21.4. The van der Waals surface area contributed by atoms with Crippen molar-refractivity contribution in [3.8, 4) is 0 Å². The third-order valence-electron chi connectivity index (χ3n) is 14.1. The molecule has 1 saturated carbocycles. The smallest absolute Gasteiger partial charge is 0.335 e. The van der Waals surface area contributed by atoms with Gasteiger partial charge in [0.1, 0.15) is 0 Å². The third-order valence-corrected chi connectivity index (χ3v) is 14.1. The number of nitrogens with zero attached hydrogens (tertiary/aromatic N) is 3.